The molecule has 1 aromatic heterocycles. The number of nitrogens with zero attached hydrogens (tertiary/aromatic N) is 2. The second-order valence-corrected chi connectivity index (χ2v) is 5.79. The highest BCUT2D eigenvalue weighted by molar-refractivity contribution is 6.30. The van der Waals surface area contributed by atoms with Crippen molar-refractivity contribution in [3.63, 3.8) is 0 Å². The molecular weight excluding hydrogens is 286 g/mol. The van der Waals surface area contributed by atoms with E-state index in [1.807, 2.05) is 36.1 Å². The number of aromatic amines is 1. The number of fused-ring (bicyclic) bond motifs is 1. The van der Waals surface area contributed by atoms with Crippen LogP contribution in [-0.4, -0.2) is 27.5 Å². The number of aromatic nitrogens is 2. The van der Waals surface area contributed by atoms with Crippen molar-refractivity contribution in [3.8, 4) is 11.3 Å². The number of halogens is 1. The monoisotopic (exact) mass is 303 g/mol. The fourth-order valence-electron chi connectivity index (χ4n) is 2.73. The van der Waals surface area contributed by atoms with Crippen LogP contribution in [-0.2, 0) is 17.8 Å². The van der Waals surface area contributed by atoms with Gasteiger partial charge in [0.2, 0.25) is 5.91 Å². The Labute approximate surface area is 129 Å². The second kappa shape index (κ2) is 5.90. The van der Waals surface area contributed by atoms with Crippen molar-refractivity contribution in [2.24, 2.45) is 0 Å². The number of hydrogen-bond donors (Lipinski definition) is 1. The number of H-pyrrole nitrogens is 1. The lowest BCUT2D eigenvalue weighted by Gasteiger charge is -2.27. The van der Waals surface area contributed by atoms with Crippen molar-refractivity contribution < 1.29 is 4.79 Å². The zero-order chi connectivity index (χ0) is 14.8. The maximum Gasteiger partial charge on any atom is 0.222 e. The third kappa shape index (κ3) is 2.81. The molecular formula is C16H18ClN3O. The molecule has 1 N–H and O–H groups in total. The Kier molecular flexibility index (Phi) is 3.97. The van der Waals surface area contributed by atoms with E-state index in [1.165, 1.54) is 0 Å². The maximum atomic E-state index is 12.1. The van der Waals surface area contributed by atoms with Gasteiger partial charge >= 0.3 is 0 Å². The minimum absolute atomic E-state index is 0.228. The molecule has 21 heavy (non-hydrogen) atoms. The highest BCUT2D eigenvalue weighted by Gasteiger charge is 2.25. The summed E-state index contributed by atoms with van der Waals surface area (Å²) in [4.78, 5) is 14.0. The summed E-state index contributed by atoms with van der Waals surface area (Å²) in [5, 5.41) is 8.25. The molecule has 0 bridgehead atoms. The number of carbonyl (C=O) groups excluding carboxylic acids is 1. The van der Waals surface area contributed by atoms with Gasteiger partial charge in [0.25, 0.3) is 0 Å². The maximum absolute atomic E-state index is 12.1. The van der Waals surface area contributed by atoms with Gasteiger partial charge in [0.05, 0.1) is 5.69 Å². The van der Waals surface area contributed by atoms with Crippen LogP contribution in [0.4, 0.5) is 0 Å². The van der Waals surface area contributed by atoms with Crippen LogP contribution in [0.3, 0.4) is 0 Å². The summed E-state index contributed by atoms with van der Waals surface area (Å²) < 4.78 is 0. The van der Waals surface area contributed by atoms with Crippen LogP contribution < -0.4 is 0 Å². The fourth-order valence-corrected chi connectivity index (χ4v) is 2.85. The molecule has 1 aliphatic rings. The van der Waals surface area contributed by atoms with E-state index < -0.39 is 0 Å². The first-order valence-corrected chi connectivity index (χ1v) is 7.66. The number of benzene rings is 1. The smallest absolute Gasteiger partial charge is 0.222 e. The van der Waals surface area contributed by atoms with Gasteiger partial charge < -0.3 is 4.90 Å². The molecule has 0 saturated carbocycles. The predicted octanol–water partition coefficient (Wildman–Crippen LogP) is 3.41. The molecule has 0 saturated heterocycles. The lowest BCUT2D eigenvalue weighted by Crippen LogP contribution is -2.35. The number of rotatable bonds is 3. The van der Waals surface area contributed by atoms with Crippen molar-refractivity contribution in [2.75, 3.05) is 6.54 Å². The quantitative estimate of drug-likeness (QED) is 0.944. The first kappa shape index (κ1) is 14.1. The average molecular weight is 304 g/mol. The molecule has 1 aliphatic heterocycles. The van der Waals surface area contributed by atoms with Gasteiger partial charge in [0, 0.05) is 47.8 Å². The lowest BCUT2D eigenvalue weighted by atomic mass is 10.0. The van der Waals surface area contributed by atoms with Gasteiger partial charge in [-0.2, -0.15) is 5.10 Å². The molecule has 0 spiro atoms. The molecule has 0 atom stereocenters. The first-order chi connectivity index (χ1) is 10.2. The van der Waals surface area contributed by atoms with Crippen LogP contribution in [0.25, 0.3) is 11.3 Å². The van der Waals surface area contributed by atoms with E-state index in [2.05, 4.69) is 10.2 Å². The van der Waals surface area contributed by atoms with Gasteiger partial charge in [0.1, 0.15) is 0 Å². The highest BCUT2D eigenvalue weighted by atomic mass is 35.5. The number of carbonyl (C=O) groups is 1. The third-order valence-corrected chi connectivity index (χ3v) is 4.12. The molecule has 1 aromatic carbocycles. The summed E-state index contributed by atoms with van der Waals surface area (Å²) >= 11 is 5.93. The van der Waals surface area contributed by atoms with Gasteiger partial charge in [0.15, 0.2) is 0 Å². The molecule has 0 unspecified atom stereocenters. The van der Waals surface area contributed by atoms with Crippen LogP contribution in [0.2, 0.25) is 5.02 Å². The van der Waals surface area contributed by atoms with Crippen molar-refractivity contribution >= 4 is 17.5 Å². The van der Waals surface area contributed by atoms with Gasteiger partial charge in [-0.05, 0) is 18.6 Å². The van der Waals surface area contributed by atoms with Crippen molar-refractivity contribution in [1.82, 2.24) is 15.1 Å². The van der Waals surface area contributed by atoms with Crippen molar-refractivity contribution in [3.05, 3.63) is 40.5 Å². The number of amides is 1. The lowest BCUT2D eigenvalue weighted by molar-refractivity contribution is -0.132. The Hall–Kier alpha value is -1.81. The predicted molar refractivity (Wildman–Crippen MR) is 83.1 cm³/mol. The second-order valence-electron chi connectivity index (χ2n) is 5.35. The molecule has 110 valence electrons. The van der Waals surface area contributed by atoms with E-state index in [0.717, 1.165) is 41.9 Å². The molecule has 5 heteroatoms. The van der Waals surface area contributed by atoms with Crippen LogP contribution >= 0.6 is 11.6 Å². The molecule has 0 radical (unpaired) electrons. The van der Waals surface area contributed by atoms with Crippen LogP contribution in [0, 0.1) is 0 Å². The van der Waals surface area contributed by atoms with E-state index in [9.17, 15) is 4.79 Å². The minimum Gasteiger partial charge on any atom is -0.338 e. The van der Waals surface area contributed by atoms with Crippen molar-refractivity contribution in [1.29, 1.82) is 0 Å². The Morgan fingerprint density at radius 3 is 2.86 bits per heavy atom. The zero-order valence-electron chi connectivity index (χ0n) is 12.0. The van der Waals surface area contributed by atoms with Crippen LogP contribution in [0.1, 0.15) is 31.0 Å². The number of nitrogens with one attached hydrogen (secondary N) is 1. The summed E-state index contributed by atoms with van der Waals surface area (Å²) in [5.74, 6) is 0.228. The normalized spacial score (nSPS) is 14.1. The molecule has 0 aliphatic carbocycles. The topological polar surface area (TPSA) is 49.0 Å². The SMILES string of the molecule is CCCC(=O)N1CCc2[nH]nc(-c3ccc(Cl)cc3)c2C1. The average Bonchev–Trinajstić information content (AvgIpc) is 2.91. The van der Waals surface area contributed by atoms with Crippen molar-refractivity contribution in [2.45, 2.75) is 32.7 Å². The van der Waals surface area contributed by atoms with Gasteiger partial charge in [-0.15, -0.1) is 0 Å². The van der Waals surface area contributed by atoms with Gasteiger partial charge in [-0.3, -0.25) is 9.89 Å². The highest BCUT2D eigenvalue weighted by Crippen LogP contribution is 2.29. The van der Waals surface area contributed by atoms with Crippen LogP contribution in [0.5, 0.6) is 0 Å². The molecule has 3 rings (SSSR count). The number of hydrogen-bond acceptors (Lipinski definition) is 2. The zero-order valence-corrected chi connectivity index (χ0v) is 12.8. The summed E-state index contributed by atoms with van der Waals surface area (Å²) in [6, 6.07) is 7.65. The Morgan fingerprint density at radius 1 is 1.38 bits per heavy atom. The summed E-state index contributed by atoms with van der Waals surface area (Å²) in [6.07, 6.45) is 2.34. The summed E-state index contributed by atoms with van der Waals surface area (Å²) in [5.41, 5.74) is 4.23. The molecule has 4 nitrogen and oxygen atoms in total. The first-order valence-electron chi connectivity index (χ1n) is 7.29. The van der Waals surface area contributed by atoms with E-state index in [1.54, 1.807) is 0 Å². The van der Waals surface area contributed by atoms with Gasteiger partial charge in [-0.1, -0.05) is 30.7 Å². The standard InChI is InChI=1S/C16H18ClN3O/c1-2-3-15(21)20-9-8-14-13(10-20)16(19-18-14)11-4-6-12(17)7-5-11/h4-7H,2-3,8-10H2,1H3,(H,18,19). The van der Waals surface area contributed by atoms with E-state index in [0.29, 0.717) is 18.0 Å². The summed E-state index contributed by atoms with van der Waals surface area (Å²) in [6.45, 7) is 3.45. The van der Waals surface area contributed by atoms with E-state index in [-0.39, 0.29) is 5.91 Å². The third-order valence-electron chi connectivity index (χ3n) is 3.87. The Bertz CT molecular complexity index is 648. The molecule has 2 heterocycles. The van der Waals surface area contributed by atoms with E-state index in [4.69, 9.17) is 11.6 Å². The minimum atomic E-state index is 0.228. The summed E-state index contributed by atoms with van der Waals surface area (Å²) in [7, 11) is 0. The molecule has 2 aromatic rings. The largest absolute Gasteiger partial charge is 0.338 e. The molecule has 0 fully saturated rings. The Balaban J connectivity index is 1.89. The Morgan fingerprint density at radius 2 is 2.14 bits per heavy atom. The fraction of sp³-hybridized carbons (Fsp3) is 0.375. The van der Waals surface area contributed by atoms with Crippen LogP contribution in [0.15, 0.2) is 24.3 Å². The molecule has 1 amide bonds. The van der Waals surface area contributed by atoms with Gasteiger partial charge in [-0.25, -0.2) is 0 Å². The van der Waals surface area contributed by atoms with E-state index >= 15 is 0 Å².